The van der Waals surface area contributed by atoms with Gasteiger partial charge in [0.2, 0.25) is 0 Å². The summed E-state index contributed by atoms with van der Waals surface area (Å²) in [5.74, 6) is -2.63. The number of carbonyl (C=O) groups excluding carboxylic acids is 2. The monoisotopic (exact) mass is 225 g/mol. The summed E-state index contributed by atoms with van der Waals surface area (Å²) in [5, 5.41) is 9.85. The van der Waals surface area contributed by atoms with Crippen LogP contribution in [0, 0.1) is 11.3 Å². The molecule has 0 aliphatic rings. The Labute approximate surface area is 81.8 Å². The summed E-state index contributed by atoms with van der Waals surface area (Å²) in [6.45, 7) is -0.416. The molecule has 0 spiro atoms. The van der Waals surface area contributed by atoms with Gasteiger partial charge in [0.25, 0.3) is 0 Å². The average molecular weight is 225 g/mol. The normalized spacial score (nSPS) is 12.5. The number of hydrogen-bond donors (Lipinski definition) is 2. The van der Waals surface area contributed by atoms with Crippen LogP contribution in [0.25, 0.3) is 0 Å². The zero-order valence-corrected chi connectivity index (χ0v) is 7.17. The van der Waals surface area contributed by atoms with Gasteiger partial charge in [-0.05, 0) is 0 Å². The van der Waals surface area contributed by atoms with Crippen molar-refractivity contribution in [3.8, 4) is 6.07 Å². The van der Waals surface area contributed by atoms with Crippen molar-refractivity contribution in [1.82, 2.24) is 5.32 Å². The van der Waals surface area contributed by atoms with Crippen LogP contribution in [0.3, 0.4) is 0 Å². The SMILES string of the molecule is N#CC(N)CNC(=O)OC(=O)C(F)(F)F. The van der Waals surface area contributed by atoms with Crippen LogP contribution in [0.2, 0.25) is 0 Å². The van der Waals surface area contributed by atoms with E-state index in [0.717, 1.165) is 0 Å². The molecule has 0 aromatic carbocycles. The Morgan fingerprint density at radius 1 is 1.53 bits per heavy atom. The molecule has 0 aromatic rings. The van der Waals surface area contributed by atoms with Gasteiger partial charge in [0, 0.05) is 6.54 Å². The number of esters is 1. The van der Waals surface area contributed by atoms with Crippen molar-refractivity contribution in [3.63, 3.8) is 0 Å². The maximum absolute atomic E-state index is 11.5. The average Bonchev–Trinajstić information content (AvgIpc) is 2.12. The van der Waals surface area contributed by atoms with Gasteiger partial charge in [-0.2, -0.15) is 18.4 Å². The third-order valence-corrected chi connectivity index (χ3v) is 1.05. The summed E-state index contributed by atoms with van der Waals surface area (Å²) in [6, 6.07) is 0.420. The summed E-state index contributed by atoms with van der Waals surface area (Å²) in [5.41, 5.74) is 5.00. The highest BCUT2D eigenvalue weighted by Crippen LogP contribution is 2.16. The van der Waals surface area contributed by atoms with Crippen LogP contribution < -0.4 is 11.1 Å². The number of alkyl halides is 3. The fourth-order valence-electron chi connectivity index (χ4n) is 0.417. The van der Waals surface area contributed by atoms with Crippen LogP contribution in [0.4, 0.5) is 18.0 Å². The minimum Gasteiger partial charge on any atom is -0.369 e. The van der Waals surface area contributed by atoms with Gasteiger partial charge in [-0.15, -0.1) is 0 Å². The molecule has 0 fully saturated rings. The predicted octanol–water partition coefficient (Wildman–Crippen LogP) is -0.348. The van der Waals surface area contributed by atoms with Crippen LogP contribution in [-0.4, -0.2) is 30.8 Å². The van der Waals surface area contributed by atoms with E-state index in [1.807, 2.05) is 0 Å². The summed E-state index contributed by atoms with van der Waals surface area (Å²) in [4.78, 5) is 20.6. The number of ether oxygens (including phenoxy) is 1. The highest BCUT2D eigenvalue weighted by atomic mass is 19.4. The smallest absolute Gasteiger partial charge is 0.369 e. The van der Waals surface area contributed by atoms with Crippen molar-refractivity contribution >= 4 is 12.1 Å². The predicted molar refractivity (Wildman–Crippen MR) is 39.1 cm³/mol. The van der Waals surface area contributed by atoms with Gasteiger partial charge in [0.1, 0.15) is 6.04 Å². The molecule has 0 bridgehead atoms. The van der Waals surface area contributed by atoms with E-state index in [1.165, 1.54) is 6.07 Å². The fraction of sp³-hybridized carbons (Fsp3) is 0.500. The Balaban J connectivity index is 3.97. The Kier molecular flexibility index (Phi) is 4.53. The minimum absolute atomic E-state index is 0.416. The third kappa shape index (κ3) is 5.48. The van der Waals surface area contributed by atoms with Crippen LogP contribution >= 0.6 is 0 Å². The second kappa shape index (κ2) is 5.16. The molecular formula is C6H6F3N3O3. The topological polar surface area (TPSA) is 105 Å². The number of halogens is 3. The van der Waals surface area contributed by atoms with Crippen LogP contribution in [0.5, 0.6) is 0 Å². The van der Waals surface area contributed by atoms with Crippen molar-refractivity contribution in [2.75, 3.05) is 6.54 Å². The molecule has 0 radical (unpaired) electrons. The molecular weight excluding hydrogens is 219 g/mol. The van der Waals surface area contributed by atoms with E-state index in [4.69, 9.17) is 11.0 Å². The van der Waals surface area contributed by atoms with Gasteiger partial charge in [0.15, 0.2) is 0 Å². The molecule has 0 saturated heterocycles. The van der Waals surface area contributed by atoms with Crippen molar-refractivity contribution < 1.29 is 27.5 Å². The maximum atomic E-state index is 11.5. The van der Waals surface area contributed by atoms with Crippen LogP contribution in [0.1, 0.15) is 0 Å². The lowest BCUT2D eigenvalue weighted by Gasteiger charge is -2.07. The van der Waals surface area contributed by atoms with E-state index in [9.17, 15) is 22.8 Å². The number of hydrogen-bond acceptors (Lipinski definition) is 5. The third-order valence-electron chi connectivity index (χ3n) is 1.05. The molecule has 0 aliphatic carbocycles. The van der Waals surface area contributed by atoms with Gasteiger partial charge in [0.05, 0.1) is 6.07 Å². The summed E-state index contributed by atoms with van der Waals surface area (Å²) in [6.07, 6.45) is -6.85. The van der Waals surface area contributed by atoms with E-state index in [1.54, 1.807) is 5.32 Å². The molecule has 0 aliphatic heterocycles. The summed E-state index contributed by atoms with van der Waals surface area (Å²) < 4.78 is 38.0. The highest BCUT2D eigenvalue weighted by Gasteiger charge is 2.42. The molecule has 3 N–H and O–H groups in total. The lowest BCUT2D eigenvalue weighted by atomic mass is 10.3. The van der Waals surface area contributed by atoms with Crippen LogP contribution in [-0.2, 0) is 9.53 Å². The highest BCUT2D eigenvalue weighted by molar-refractivity contribution is 5.87. The first-order chi connectivity index (χ1) is 6.77. The zero-order chi connectivity index (χ0) is 12.1. The Bertz CT molecular complexity index is 296. The number of nitrogens with two attached hydrogens (primary N) is 1. The van der Waals surface area contributed by atoms with Crippen molar-refractivity contribution in [2.24, 2.45) is 5.73 Å². The molecule has 15 heavy (non-hydrogen) atoms. The summed E-state index contributed by atoms with van der Waals surface area (Å²) >= 11 is 0. The quantitative estimate of drug-likeness (QED) is 0.493. The number of amides is 1. The molecule has 9 heteroatoms. The molecule has 0 aromatic heterocycles. The molecule has 0 saturated carbocycles. The second-order valence-electron chi connectivity index (χ2n) is 2.29. The van der Waals surface area contributed by atoms with E-state index in [-0.39, 0.29) is 0 Å². The number of alkyl carbamates (subject to hydrolysis) is 1. The van der Waals surface area contributed by atoms with E-state index >= 15 is 0 Å². The van der Waals surface area contributed by atoms with E-state index in [0.29, 0.717) is 0 Å². The minimum atomic E-state index is -5.24. The number of nitriles is 1. The standard InChI is InChI=1S/C6H6F3N3O3/c7-6(8,9)4(13)15-5(14)12-2-3(11)1-10/h3H,2,11H2,(H,12,14). The first kappa shape index (κ1) is 13.2. The fourth-order valence-corrected chi connectivity index (χ4v) is 0.417. The van der Waals surface area contributed by atoms with Crippen molar-refractivity contribution in [3.05, 3.63) is 0 Å². The lowest BCUT2D eigenvalue weighted by molar-refractivity contribution is -0.192. The molecule has 1 atom stereocenters. The van der Waals surface area contributed by atoms with Gasteiger partial charge in [-0.3, -0.25) is 0 Å². The first-order valence-electron chi connectivity index (χ1n) is 3.49. The maximum Gasteiger partial charge on any atom is 0.491 e. The Morgan fingerprint density at radius 3 is 2.47 bits per heavy atom. The molecule has 84 valence electrons. The first-order valence-corrected chi connectivity index (χ1v) is 3.49. The number of rotatable bonds is 2. The summed E-state index contributed by atoms with van der Waals surface area (Å²) in [7, 11) is 0. The number of nitrogens with zero attached hydrogens (tertiary/aromatic N) is 1. The van der Waals surface area contributed by atoms with Gasteiger partial charge in [-0.25, -0.2) is 9.59 Å². The number of carbonyl (C=O) groups is 2. The van der Waals surface area contributed by atoms with Gasteiger partial charge in [-0.1, -0.05) is 0 Å². The zero-order valence-electron chi connectivity index (χ0n) is 7.17. The van der Waals surface area contributed by atoms with Gasteiger partial charge >= 0.3 is 18.2 Å². The van der Waals surface area contributed by atoms with Gasteiger partial charge < -0.3 is 15.8 Å². The lowest BCUT2D eigenvalue weighted by Crippen LogP contribution is -2.39. The molecule has 6 nitrogen and oxygen atoms in total. The molecule has 1 amide bonds. The van der Waals surface area contributed by atoms with E-state index in [2.05, 4.69) is 4.74 Å². The van der Waals surface area contributed by atoms with Crippen molar-refractivity contribution in [2.45, 2.75) is 12.2 Å². The molecule has 0 rings (SSSR count). The number of nitrogens with one attached hydrogen (secondary N) is 1. The van der Waals surface area contributed by atoms with E-state index < -0.39 is 30.8 Å². The molecule has 1 unspecified atom stereocenters. The second-order valence-corrected chi connectivity index (χ2v) is 2.29. The van der Waals surface area contributed by atoms with Crippen molar-refractivity contribution in [1.29, 1.82) is 5.26 Å². The Morgan fingerprint density at radius 2 is 2.07 bits per heavy atom. The van der Waals surface area contributed by atoms with Crippen LogP contribution in [0.15, 0.2) is 0 Å². The largest absolute Gasteiger partial charge is 0.491 e. The molecule has 0 heterocycles. The Hall–Kier alpha value is -1.82.